The van der Waals surface area contributed by atoms with Crippen LogP contribution < -0.4 is 5.32 Å². The number of hydrogen-bond acceptors (Lipinski definition) is 2. The van der Waals surface area contributed by atoms with Gasteiger partial charge in [0.2, 0.25) is 5.91 Å². The fourth-order valence-corrected chi connectivity index (χ4v) is 4.49. The highest BCUT2D eigenvalue weighted by Crippen LogP contribution is 2.57. The van der Waals surface area contributed by atoms with Gasteiger partial charge in [-0.15, -0.1) is 0 Å². The van der Waals surface area contributed by atoms with Gasteiger partial charge >= 0.3 is 5.97 Å². The minimum absolute atomic E-state index is 0.129. The summed E-state index contributed by atoms with van der Waals surface area (Å²) in [5.41, 5.74) is 0. The largest absolute Gasteiger partial charge is 0.481 e. The first kappa shape index (κ1) is 11.7. The van der Waals surface area contributed by atoms with E-state index in [0.29, 0.717) is 29.6 Å². The van der Waals surface area contributed by atoms with Gasteiger partial charge in [-0.2, -0.15) is 0 Å². The molecule has 4 heteroatoms. The van der Waals surface area contributed by atoms with Crippen molar-refractivity contribution in [2.75, 3.05) is 0 Å². The number of aliphatic carboxylic acids is 1. The fraction of sp³-hybridized carbons (Fsp3) is 0.867. The highest BCUT2D eigenvalue weighted by molar-refractivity contribution is 5.83. The first-order chi connectivity index (χ1) is 9.16. The second-order valence-corrected chi connectivity index (χ2v) is 7.00. The molecule has 0 spiro atoms. The zero-order valence-electron chi connectivity index (χ0n) is 11.0. The molecule has 0 saturated heterocycles. The van der Waals surface area contributed by atoms with Crippen molar-refractivity contribution < 1.29 is 14.7 Å². The summed E-state index contributed by atoms with van der Waals surface area (Å²) in [6, 6.07) is 0.282. The normalized spacial score (nSPS) is 50.0. The number of nitrogens with one attached hydrogen (secondary N) is 1. The van der Waals surface area contributed by atoms with Gasteiger partial charge in [-0.1, -0.05) is 12.8 Å². The summed E-state index contributed by atoms with van der Waals surface area (Å²) in [6.45, 7) is 0. The molecule has 4 rings (SSSR count). The molecule has 0 aromatic rings. The lowest BCUT2D eigenvalue weighted by molar-refractivity contribution is -0.138. The van der Waals surface area contributed by atoms with Crippen molar-refractivity contribution in [3.63, 3.8) is 0 Å². The zero-order chi connectivity index (χ0) is 13.1. The van der Waals surface area contributed by atoms with E-state index >= 15 is 0 Å². The average molecular weight is 263 g/mol. The van der Waals surface area contributed by atoms with Crippen molar-refractivity contribution in [2.45, 2.75) is 44.6 Å². The predicted molar refractivity (Wildman–Crippen MR) is 68.2 cm³/mol. The molecule has 0 aromatic heterocycles. The smallest absolute Gasteiger partial charge is 0.306 e. The van der Waals surface area contributed by atoms with E-state index in [-0.39, 0.29) is 17.9 Å². The van der Waals surface area contributed by atoms with E-state index in [2.05, 4.69) is 5.32 Å². The molecule has 4 saturated carbocycles. The Morgan fingerprint density at radius 2 is 1.63 bits per heavy atom. The lowest BCUT2D eigenvalue weighted by atomic mass is 10.0. The molecule has 1 unspecified atom stereocenters. The van der Waals surface area contributed by atoms with E-state index in [9.17, 15) is 9.59 Å². The summed E-state index contributed by atoms with van der Waals surface area (Å²) in [5.74, 6) is 1.88. The predicted octanol–water partition coefficient (Wildman–Crippen LogP) is 1.65. The van der Waals surface area contributed by atoms with Crippen molar-refractivity contribution in [2.24, 2.45) is 35.5 Å². The van der Waals surface area contributed by atoms with Gasteiger partial charge in [0.1, 0.15) is 0 Å². The Labute approximate surface area is 112 Å². The third-order valence-electron chi connectivity index (χ3n) is 5.83. The summed E-state index contributed by atoms with van der Waals surface area (Å²) in [5, 5.41) is 12.1. The molecule has 4 fully saturated rings. The van der Waals surface area contributed by atoms with Gasteiger partial charge in [-0.3, -0.25) is 9.59 Å². The van der Waals surface area contributed by atoms with Gasteiger partial charge in [0.25, 0.3) is 0 Å². The number of amides is 1. The molecule has 0 radical (unpaired) electrons. The first-order valence-corrected chi connectivity index (χ1v) is 7.70. The van der Waals surface area contributed by atoms with Crippen LogP contribution in [0.15, 0.2) is 0 Å². The van der Waals surface area contributed by atoms with Gasteiger partial charge in [-0.25, -0.2) is 0 Å². The Hall–Kier alpha value is -1.06. The standard InChI is InChI=1S/C15H21NO3/c17-14(13-7-3-1-2-4-8(7)13)16-12-6-10(12)9-5-11(9)15(18)19/h7-13H,1-6H2,(H,16,17)(H,18,19)/t7-,8+,9-,10+,11-,12+,13?/m1/s1. The highest BCUT2D eigenvalue weighted by Gasteiger charge is 2.59. The van der Waals surface area contributed by atoms with Crippen molar-refractivity contribution in [3.05, 3.63) is 0 Å². The molecule has 104 valence electrons. The van der Waals surface area contributed by atoms with Gasteiger partial charge in [0, 0.05) is 12.0 Å². The van der Waals surface area contributed by atoms with E-state index in [1.54, 1.807) is 0 Å². The number of carbonyl (C=O) groups excluding carboxylic acids is 1. The van der Waals surface area contributed by atoms with E-state index in [1.807, 2.05) is 0 Å². The number of hydrogen-bond donors (Lipinski definition) is 2. The summed E-state index contributed by atoms with van der Waals surface area (Å²) in [7, 11) is 0. The number of carboxylic acids is 1. The van der Waals surface area contributed by atoms with Crippen LogP contribution in [0.4, 0.5) is 0 Å². The number of carbonyl (C=O) groups is 2. The highest BCUT2D eigenvalue weighted by atomic mass is 16.4. The van der Waals surface area contributed by atoms with E-state index in [0.717, 1.165) is 12.8 Å². The monoisotopic (exact) mass is 263 g/mol. The van der Waals surface area contributed by atoms with Gasteiger partial charge in [0.15, 0.2) is 0 Å². The summed E-state index contributed by atoms with van der Waals surface area (Å²) in [4.78, 5) is 23.0. The molecule has 2 N–H and O–H groups in total. The van der Waals surface area contributed by atoms with E-state index < -0.39 is 5.97 Å². The minimum atomic E-state index is -0.657. The van der Waals surface area contributed by atoms with Gasteiger partial charge in [-0.05, 0) is 49.4 Å². The SMILES string of the molecule is O=C(N[C@H]1C[C@H]1[C@H]1C[C@H]1C(=O)O)C1[C@H]2CCCC[C@@H]12. The molecular weight excluding hydrogens is 242 g/mol. The van der Waals surface area contributed by atoms with Crippen LogP contribution in [0.25, 0.3) is 0 Å². The van der Waals surface area contributed by atoms with Crippen LogP contribution >= 0.6 is 0 Å². The van der Waals surface area contributed by atoms with Crippen LogP contribution in [-0.4, -0.2) is 23.0 Å². The van der Waals surface area contributed by atoms with Crippen molar-refractivity contribution in [3.8, 4) is 0 Å². The summed E-state index contributed by atoms with van der Waals surface area (Å²) < 4.78 is 0. The lowest BCUT2D eigenvalue weighted by Gasteiger charge is -2.04. The summed E-state index contributed by atoms with van der Waals surface area (Å²) in [6.07, 6.45) is 6.88. The Kier molecular flexibility index (Phi) is 2.45. The maximum absolute atomic E-state index is 12.2. The topological polar surface area (TPSA) is 66.4 Å². The van der Waals surface area contributed by atoms with Crippen LogP contribution in [0.1, 0.15) is 38.5 Å². The molecule has 0 heterocycles. The molecule has 4 nitrogen and oxygen atoms in total. The third-order valence-corrected chi connectivity index (χ3v) is 5.83. The molecular formula is C15H21NO3. The van der Waals surface area contributed by atoms with Crippen molar-refractivity contribution in [1.29, 1.82) is 0 Å². The quantitative estimate of drug-likeness (QED) is 0.810. The Bertz CT molecular complexity index is 423. The second-order valence-electron chi connectivity index (χ2n) is 7.00. The first-order valence-electron chi connectivity index (χ1n) is 7.70. The van der Waals surface area contributed by atoms with Crippen molar-refractivity contribution in [1.82, 2.24) is 5.32 Å². The molecule has 7 atom stereocenters. The Morgan fingerprint density at radius 3 is 2.21 bits per heavy atom. The molecule has 0 bridgehead atoms. The number of carboxylic acid groups (broad SMARTS) is 1. The van der Waals surface area contributed by atoms with Gasteiger partial charge in [0.05, 0.1) is 5.92 Å². The van der Waals surface area contributed by atoms with Crippen LogP contribution in [0.5, 0.6) is 0 Å². The average Bonchev–Trinajstić information content (AvgIpc) is 3.21. The van der Waals surface area contributed by atoms with E-state index in [4.69, 9.17) is 5.11 Å². The number of fused-ring (bicyclic) bond motifs is 1. The maximum atomic E-state index is 12.2. The Morgan fingerprint density at radius 1 is 0.947 bits per heavy atom. The Balaban J connectivity index is 1.26. The maximum Gasteiger partial charge on any atom is 0.306 e. The fourth-order valence-electron chi connectivity index (χ4n) is 4.49. The van der Waals surface area contributed by atoms with Gasteiger partial charge < -0.3 is 10.4 Å². The van der Waals surface area contributed by atoms with Crippen LogP contribution in [0, 0.1) is 35.5 Å². The van der Waals surface area contributed by atoms with Crippen LogP contribution in [-0.2, 0) is 9.59 Å². The minimum Gasteiger partial charge on any atom is -0.481 e. The number of rotatable bonds is 4. The van der Waals surface area contributed by atoms with Crippen molar-refractivity contribution >= 4 is 11.9 Å². The molecule has 0 aliphatic heterocycles. The van der Waals surface area contributed by atoms with Crippen LogP contribution in [0.3, 0.4) is 0 Å². The third kappa shape index (κ3) is 1.96. The second kappa shape index (κ2) is 3.97. The van der Waals surface area contributed by atoms with Crippen LogP contribution in [0.2, 0.25) is 0 Å². The lowest BCUT2D eigenvalue weighted by Crippen LogP contribution is -2.29. The van der Waals surface area contributed by atoms with E-state index in [1.165, 1.54) is 25.7 Å². The molecule has 4 aliphatic carbocycles. The molecule has 4 aliphatic rings. The summed E-state index contributed by atoms with van der Waals surface area (Å²) >= 11 is 0. The molecule has 1 amide bonds. The molecule has 19 heavy (non-hydrogen) atoms. The zero-order valence-corrected chi connectivity index (χ0v) is 11.0. The molecule has 0 aromatic carbocycles.